The number of carbonyl (C=O) groups excluding carboxylic acids is 1. The fraction of sp³-hybridized carbons (Fsp3) is 0.500. The van der Waals surface area contributed by atoms with Crippen molar-refractivity contribution in [3.05, 3.63) is 30.9 Å². The molecule has 1 aromatic heterocycles. The first-order valence-electron chi connectivity index (χ1n) is 7.35. The maximum atomic E-state index is 11.7. The van der Waals surface area contributed by atoms with Gasteiger partial charge in [0.2, 0.25) is 5.91 Å². The summed E-state index contributed by atoms with van der Waals surface area (Å²) in [5, 5.41) is 2.76. The van der Waals surface area contributed by atoms with Gasteiger partial charge in [0, 0.05) is 6.42 Å². The Bertz CT molecular complexity index is 418. The Morgan fingerprint density at radius 2 is 1.90 bits per heavy atom. The molecule has 4 nitrogen and oxygen atoms in total. The van der Waals surface area contributed by atoms with Crippen LogP contribution in [0.3, 0.4) is 0 Å². The minimum atomic E-state index is 0.00903. The summed E-state index contributed by atoms with van der Waals surface area (Å²) in [6, 6.07) is 5.22. The molecule has 0 spiro atoms. The molecule has 0 bridgehead atoms. The van der Waals surface area contributed by atoms with Crippen LogP contribution in [0.25, 0.3) is 0 Å². The number of hydrogen-bond acceptors (Lipinski definition) is 3. The van der Waals surface area contributed by atoms with Gasteiger partial charge in [0.25, 0.3) is 0 Å². The first-order chi connectivity index (χ1) is 9.72. The molecular weight excluding hydrogens is 250 g/mol. The predicted octanol–water partition coefficient (Wildman–Crippen LogP) is 3.91. The molecule has 0 atom stereocenters. The zero-order chi connectivity index (χ0) is 14.6. The van der Waals surface area contributed by atoms with Crippen molar-refractivity contribution >= 4 is 17.5 Å². The number of allylic oxidation sites excluding steroid dienone is 1. The summed E-state index contributed by atoms with van der Waals surface area (Å²) in [6.45, 7) is 3.71. The van der Waals surface area contributed by atoms with E-state index in [2.05, 4.69) is 16.9 Å². The zero-order valence-electron chi connectivity index (χ0n) is 12.1. The van der Waals surface area contributed by atoms with Gasteiger partial charge in [-0.05, 0) is 31.4 Å². The molecular formula is C16H25N3O. The SMILES string of the molecule is C=CCCCCCCCCC(=O)Nc1cccc(N)n1. The Kier molecular flexibility index (Phi) is 8.11. The van der Waals surface area contributed by atoms with Crippen LogP contribution in [-0.2, 0) is 4.79 Å². The van der Waals surface area contributed by atoms with Gasteiger partial charge in [0.15, 0.2) is 0 Å². The van der Waals surface area contributed by atoms with Crippen molar-refractivity contribution in [1.82, 2.24) is 4.98 Å². The Morgan fingerprint density at radius 3 is 2.60 bits per heavy atom. The van der Waals surface area contributed by atoms with Gasteiger partial charge < -0.3 is 11.1 Å². The van der Waals surface area contributed by atoms with Crippen molar-refractivity contribution in [2.75, 3.05) is 11.1 Å². The molecule has 3 N–H and O–H groups in total. The van der Waals surface area contributed by atoms with Crippen molar-refractivity contribution in [3.63, 3.8) is 0 Å². The van der Waals surface area contributed by atoms with Crippen LogP contribution in [0.2, 0.25) is 0 Å². The number of nitrogen functional groups attached to an aromatic ring is 1. The number of aromatic nitrogens is 1. The van der Waals surface area contributed by atoms with E-state index in [1.807, 2.05) is 6.08 Å². The Labute approximate surface area is 121 Å². The van der Waals surface area contributed by atoms with E-state index in [4.69, 9.17) is 5.73 Å². The normalized spacial score (nSPS) is 10.2. The zero-order valence-corrected chi connectivity index (χ0v) is 12.1. The van der Waals surface area contributed by atoms with Crippen molar-refractivity contribution < 1.29 is 4.79 Å². The van der Waals surface area contributed by atoms with Crippen LogP contribution < -0.4 is 11.1 Å². The van der Waals surface area contributed by atoms with Gasteiger partial charge in [-0.25, -0.2) is 4.98 Å². The Hall–Kier alpha value is -1.84. The number of anilines is 2. The molecule has 4 heteroatoms. The van der Waals surface area contributed by atoms with Gasteiger partial charge in [-0.1, -0.05) is 37.8 Å². The number of carbonyl (C=O) groups is 1. The number of nitrogens with zero attached hydrogens (tertiary/aromatic N) is 1. The summed E-state index contributed by atoms with van der Waals surface area (Å²) in [5.41, 5.74) is 5.56. The van der Waals surface area contributed by atoms with Gasteiger partial charge in [-0.2, -0.15) is 0 Å². The number of nitrogens with two attached hydrogens (primary N) is 1. The van der Waals surface area contributed by atoms with Crippen LogP contribution in [0.1, 0.15) is 51.4 Å². The van der Waals surface area contributed by atoms with Gasteiger partial charge >= 0.3 is 0 Å². The van der Waals surface area contributed by atoms with Crippen LogP contribution in [0.15, 0.2) is 30.9 Å². The fourth-order valence-electron chi connectivity index (χ4n) is 2.01. The number of hydrogen-bond donors (Lipinski definition) is 2. The number of unbranched alkanes of at least 4 members (excludes halogenated alkanes) is 6. The smallest absolute Gasteiger partial charge is 0.225 e. The van der Waals surface area contributed by atoms with Crippen LogP contribution in [0.4, 0.5) is 11.6 Å². The molecule has 0 aliphatic heterocycles. The Morgan fingerprint density at radius 1 is 1.20 bits per heavy atom. The summed E-state index contributed by atoms with van der Waals surface area (Å²) in [4.78, 5) is 15.7. The van der Waals surface area contributed by atoms with Gasteiger partial charge in [-0.15, -0.1) is 6.58 Å². The standard InChI is InChI=1S/C16H25N3O/c1-2-3-4-5-6-7-8-9-13-16(20)19-15-12-10-11-14(17)18-15/h2,10-12H,1,3-9,13H2,(H3,17,18,19,20). The highest BCUT2D eigenvalue weighted by Gasteiger charge is 2.03. The molecule has 0 unspecified atom stereocenters. The minimum absolute atomic E-state index is 0.00903. The second-order valence-electron chi connectivity index (χ2n) is 4.94. The quantitative estimate of drug-likeness (QED) is 0.502. The summed E-state index contributed by atoms with van der Waals surface area (Å²) in [5.74, 6) is 0.955. The lowest BCUT2D eigenvalue weighted by atomic mass is 10.1. The third-order valence-electron chi connectivity index (χ3n) is 3.10. The third kappa shape index (κ3) is 7.56. The number of amides is 1. The summed E-state index contributed by atoms with van der Waals surface area (Å²) >= 11 is 0. The molecule has 110 valence electrons. The van der Waals surface area contributed by atoms with Crippen LogP contribution in [-0.4, -0.2) is 10.9 Å². The Balaban J connectivity index is 2.04. The van der Waals surface area contributed by atoms with E-state index < -0.39 is 0 Å². The molecule has 20 heavy (non-hydrogen) atoms. The molecule has 1 heterocycles. The number of rotatable bonds is 10. The second-order valence-corrected chi connectivity index (χ2v) is 4.94. The highest BCUT2D eigenvalue weighted by molar-refractivity contribution is 5.89. The molecule has 0 saturated heterocycles. The molecule has 1 aromatic rings. The van der Waals surface area contributed by atoms with Crippen LogP contribution in [0, 0.1) is 0 Å². The van der Waals surface area contributed by atoms with E-state index in [9.17, 15) is 4.79 Å². The van der Waals surface area contributed by atoms with Crippen LogP contribution in [0.5, 0.6) is 0 Å². The van der Waals surface area contributed by atoms with Crippen molar-refractivity contribution in [3.8, 4) is 0 Å². The van der Waals surface area contributed by atoms with E-state index in [1.165, 1.54) is 25.7 Å². The van der Waals surface area contributed by atoms with Gasteiger partial charge in [-0.3, -0.25) is 4.79 Å². The molecule has 1 amide bonds. The summed E-state index contributed by atoms with van der Waals surface area (Å²) in [7, 11) is 0. The number of nitrogens with one attached hydrogen (secondary N) is 1. The maximum absolute atomic E-state index is 11.7. The lowest BCUT2D eigenvalue weighted by Gasteiger charge is -2.05. The lowest BCUT2D eigenvalue weighted by Crippen LogP contribution is -2.12. The van der Waals surface area contributed by atoms with Gasteiger partial charge in [0.05, 0.1) is 0 Å². The largest absolute Gasteiger partial charge is 0.384 e. The first kappa shape index (κ1) is 16.2. The highest BCUT2D eigenvalue weighted by atomic mass is 16.1. The summed E-state index contributed by atoms with van der Waals surface area (Å²) < 4.78 is 0. The lowest BCUT2D eigenvalue weighted by molar-refractivity contribution is -0.116. The van der Waals surface area contributed by atoms with E-state index in [1.54, 1.807) is 18.2 Å². The van der Waals surface area contributed by atoms with Gasteiger partial charge in [0.1, 0.15) is 11.6 Å². The fourth-order valence-corrected chi connectivity index (χ4v) is 2.01. The molecule has 0 aromatic carbocycles. The van der Waals surface area contributed by atoms with E-state index in [0.717, 1.165) is 19.3 Å². The molecule has 0 saturated carbocycles. The predicted molar refractivity (Wildman–Crippen MR) is 84.4 cm³/mol. The second kappa shape index (κ2) is 10.0. The highest BCUT2D eigenvalue weighted by Crippen LogP contribution is 2.10. The van der Waals surface area contributed by atoms with Crippen molar-refractivity contribution in [2.24, 2.45) is 0 Å². The van der Waals surface area contributed by atoms with E-state index in [-0.39, 0.29) is 5.91 Å². The monoisotopic (exact) mass is 275 g/mol. The van der Waals surface area contributed by atoms with E-state index in [0.29, 0.717) is 18.1 Å². The minimum Gasteiger partial charge on any atom is -0.384 e. The van der Waals surface area contributed by atoms with Crippen molar-refractivity contribution in [1.29, 1.82) is 0 Å². The summed E-state index contributed by atoms with van der Waals surface area (Å²) in [6.07, 6.45) is 10.6. The third-order valence-corrected chi connectivity index (χ3v) is 3.10. The van der Waals surface area contributed by atoms with E-state index >= 15 is 0 Å². The molecule has 0 aliphatic rings. The number of pyridine rings is 1. The maximum Gasteiger partial charge on any atom is 0.225 e. The van der Waals surface area contributed by atoms with Crippen LogP contribution >= 0.6 is 0 Å². The topological polar surface area (TPSA) is 68.0 Å². The molecule has 0 fully saturated rings. The van der Waals surface area contributed by atoms with Crippen molar-refractivity contribution in [2.45, 2.75) is 51.4 Å². The molecule has 0 aliphatic carbocycles. The average Bonchev–Trinajstić information content (AvgIpc) is 2.42. The first-order valence-corrected chi connectivity index (χ1v) is 7.35. The molecule has 0 radical (unpaired) electrons. The average molecular weight is 275 g/mol. The molecule has 1 rings (SSSR count).